The molecule has 0 saturated carbocycles. The molecule has 0 fully saturated rings. The number of hydrogen-bond acceptors (Lipinski definition) is 8. The first-order valence-corrected chi connectivity index (χ1v) is 12.3. The minimum absolute atomic E-state index is 0.0412. The second-order valence-electron chi connectivity index (χ2n) is 7.77. The number of fused-ring (bicyclic) bond motifs is 1. The Hall–Kier alpha value is -4.25. The van der Waals surface area contributed by atoms with Gasteiger partial charge in [0.25, 0.3) is 15.9 Å². The Bertz CT molecular complexity index is 1390. The molecule has 3 aromatic rings. The van der Waals surface area contributed by atoms with Crippen molar-refractivity contribution in [2.75, 3.05) is 31.9 Å². The highest BCUT2D eigenvalue weighted by Gasteiger charge is 2.28. The normalized spacial score (nSPS) is 12.4. The fourth-order valence-electron chi connectivity index (χ4n) is 3.47. The van der Waals surface area contributed by atoms with E-state index < -0.39 is 22.5 Å². The molecule has 1 amide bonds. The zero-order valence-electron chi connectivity index (χ0n) is 19.9. The number of rotatable bonds is 9. The molecule has 0 saturated heterocycles. The van der Waals surface area contributed by atoms with Crippen LogP contribution < -0.4 is 28.7 Å². The molecule has 0 atom stereocenters. The number of carbonyl (C=O) groups is 1. The molecule has 1 aliphatic heterocycles. The molecule has 0 aromatic heterocycles. The third-order valence-electron chi connectivity index (χ3n) is 5.35. The second-order valence-corrected chi connectivity index (χ2v) is 9.63. The number of anilines is 1. The van der Waals surface area contributed by atoms with E-state index in [0.29, 0.717) is 28.6 Å². The number of methoxy groups -OCH3 is 2. The first kappa shape index (κ1) is 24.9. The van der Waals surface area contributed by atoms with Crippen molar-refractivity contribution in [3.05, 3.63) is 71.8 Å². The van der Waals surface area contributed by atoms with Crippen molar-refractivity contribution >= 4 is 27.8 Å². The van der Waals surface area contributed by atoms with Crippen molar-refractivity contribution in [3.8, 4) is 23.0 Å². The number of ether oxygens (including phenoxy) is 4. The van der Waals surface area contributed by atoms with Crippen LogP contribution >= 0.6 is 0 Å². The van der Waals surface area contributed by atoms with Gasteiger partial charge in [-0.2, -0.15) is 5.10 Å². The van der Waals surface area contributed by atoms with Crippen LogP contribution in [0.15, 0.2) is 70.7 Å². The second kappa shape index (κ2) is 10.6. The molecule has 1 aliphatic rings. The van der Waals surface area contributed by atoms with Gasteiger partial charge in [0, 0.05) is 6.07 Å². The number of nitrogens with one attached hydrogen (secondary N) is 1. The molecule has 1 heterocycles. The van der Waals surface area contributed by atoms with Crippen molar-refractivity contribution < 1.29 is 32.2 Å². The van der Waals surface area contributed by atoms with Crippen LogP contribution in [0.2, 0.25) is 0 Å². The molecule has 188 valence electrons. The number of hydrogen-bond donors (Lipinski definition) is 1. The van der Waals surface area contributed by atoms with Gasteiger partial charge in [-0.15, -0.1) is 0 Å². The highest BCUT2D eigenvalue weighted by Crippen LogP contribution is 2.34. The predicted molar refractivity (Wildman–Crippen MR) is 134 cm³/mol. The van der Waals surface area contributed by atoms with Crippen LogP contribution in [-0.4, -0.2) is 48.1 Å². The molecule has 10 nitrogen and oxygen atoms in total. The molecule has 3 aromatic carbocycles. The molecular weight excluding hydrogens is 486 g/mol. The summed E-state index contributed by atoms with van der Waals surface area (Å²) in [7, 11) is -1.18. The molecule has 4 rings (SSSR count). The zero-order valence-corrected chi connectivity index (χ0v) is 20.7. The number of aryl methyl sites for hydroxylation is 1. The largest absolute Gasteiger partial charge is 0.493 e. The lowest BCUT2D eigenvalue weighted by atomic mass is 10.2. The van der Waals surface area contributed by atoms with E-state index in [1.54, 1.807) is 36.4 Å². The smallest absolute Gasteiger partial charge is 0.264 e. The number of sulfonamides is 1. The fraction of sp³-hybridized carbons (Fsp3) is 0.200. The Kier molecular flexibility index (Phi) is 7.30. The monoisotopic (exact) mass is 511 g/mol. The summed E-state index contributed by atoms with van der Waals surface area (Å²) in [5.74, 6) is 1.31. The van der Waals surface area contributed by atoms with E-state index in [-0.39, 0.29) is 17.4 Å². The topological polar surface area (TPSA) is 116 Å². The molecule has 11 heteroatoms. The average Bonchev–Trinajstić information content (AvgIpc) is 3.35. The molecule has 0 bridgehead atoms. The van der Waals surface area contributed by atoms with Crippen LogP contribution in [0.1, 0.15) is 11.1 Å². The third-order valence-corrected chi connectivity index (χ3v) is 7.14. The maximum atomic E-state index is 13.5. The Morgan fingerprint density at radius 2 is 1.72 bits per heavy atom. The van der Waals surface area contributed by atoms with Gasteiger partial charge in [0.2, 0.25) is 6.79 Å². The van der Waals surface area contributed by atoms with Crippen LogP contribution in [0.4, 0.5) is 5.69 Å². The Balaban J connectivity index is 1.58. The lowest BCUT2D eigenvalue weighted by Gasteiger charge is -2.24. The molecular formula is C25H25N3O7S. The number of benzene rings is 3. The van der Waals surface area contributed by atoms with Crippen LogP contribution in [-0.2, 0) is 14.8 Å². The third kappa shape index (κ3) is 5.36. The quantitative estimate of drug-likeness (QED) is 0.347. The fourth-order valence-corrected chi connectivity index (χ4v) is 4.88. The average molecular weight is 512 g/mol. The van der Waals surface area contributed by atoms with Crippen LogP contribution in [0.3, 0.4) is 0 Å². The van der Waals surface area contributed by atoms with E-state index in [4.69, 9.17) is 18.9 Å². The predicted octanol–water partition coefficient (Wildman–Crippen LogP) is 3.09. The lowest BCUT2D eigenvalue weighted by molar-refractivity contribution is -0.119. The van der Waals surface area contributed by atoms with Gasteiger partial charge in [-0.3, -0.25) is 9.10 Å². The van der Waals surface area contributed by atoms with Crippen LogP contribution in [0.25, 0.3) is 0 Å². The van der Waals surface area contributed by atoms with Gasteiger partial charge in [0.15, 0.2) is 23.0 Å². The minimum Gasteiger partial charge on any atom is -0.493 e. The van der Waals surface area contributed by atoms with Crippen molar-refractivity contribution in [1.29, 1.82) is 0 Å². The molecule has 36 heavy (non-hydrogen) atoms. The highest BCUT2D eigenvalue weighted by atomic mass is 32.2. The maximum Gasteiger partial charge on any atom is 0.264 e. The van der Waals surface area contributed by atoms with Gasteiger partial charge in [0.05, 0.1) is 31.0 Å². The summed E-state index contributed by atoms with van der Waals surface area (Å²) in [4.78, 5) is 12.8. The van der Waals surface area contributed by atoms with E-state index in [1.807, 2.05) is 6.92 Å². The Morgan fingerprint density at radius 1 is 1.00 bits per heavy atom. The van der Waals surface area contributed by atoms with Gasteiger partial charge >= 0.3 is 0 Å². The van der Waals surface area contributed by atoms with Crippen molar-refractivity contribution in [3.63, 3.8) is 0 Å². The lowest BCUT2D eigenvalue weighted by Crippen LogP contribution is -2.39. The van der Waals surface area contributed by atoms with Gasteiger partial charge in [0.1, 0.15) is 6.54 Å². The highest BCUT2D eigenvalue weighted by molar-refractivity contribution is 7.92. The van der Waals surface area contributed by atoms with E-state index in [0.717, 1.165) is 9.87 Å². The van der Waals surface area contributed by atoms with Crippen molar-refractivity contribution in [2.24, 2.45) is 5.10 Å². The molecule has 1 N–H and O–H groups in total. The van der Waals surface area contributed by atoms with Gasteiger partial charge in [-0.25, -0.2) is 13.8 Å². The van der Waals surface area contributed by atoms with Gasteiger partial charge in [-0.05, 0) is 55.0 Å². The number of nitrogens with zero attached hydrogens (tertiary/aromatic N) is 2. The number of hydrazone groups is 1. The van der Waals surface area contributed by atoms with Gasteiger partial charge in [-0.1, -0.05) is 17.7 Å². The molecule has 0 aliphatic carbocycles. The number of amides is 1. The number of carbonyl (C=O) groups excluding carboxylic acids is 1. The first-order valence-electron chi connectivity index (χ1n) is 10.8. The summed E-state index contributed by atoms with van der Waals surface area (Å²) in [6, 6.07) is 16.2. The van der Waals surface area contributed by atoms with E-state index in [1.165, 1.54) is 44.7 Å². The summed E-state index contributed by atoms with van der Waals surface area (Å²) < 4.78 is 49.3. The van der Waals surface area contributed by atoms with Crippen molar-refractivity contribution in [1.82, 2.24) is 5.43 Å². The summed E-state index contributed by atoms with van der Waals surface area (Å²) >= 11 is 0. The van der Waals surface area contributed by atoms with Crippen LogP contribution in [0.5, 0.6) is 23.0 Å². The first-order chi connectivity index (χ1) is 17.3. The maximum absolute atomic E-state index is 13.5. The van der Waals surface area contributed by atoms with E-state index >= 15 is 0 Å². The summed E-state index contributed by atoms with van der Waals surface area (Å²) in [5, 5.41) is 3.95. The minimum atomic E-state index is -4.10. The van der Waals surface area contributed by atoms with Gasteiger partial charge < -0.3 is 18.9 Å². The van der Waals surface area contributed by atoms with Crippen LogP contribution in [0, 0.1) is 6.92 Å². The zero-order chi connectivity index (χ0) is 25.7. The Labute approximate surface area is 209 Å². The summed E-state index contributed by atoms with van der Waals surface area (Å²) in [5.41, 5.74) is 4.18. The SMILES string of the molecule is COc1ccc(N(CC(=O)N/N=C\c2ccc3c(c2)OCO3)S(=O)(=O)c2ccc(C)cc2)cc1OC. The Morgan fingerprint density at radius 3 is 2.44 bits per heavy atom. The summed E-state index contributed by atoms with van der Waals surface area (Å²) in [6.07, 6.45) is 1.43. The van der Waals surface area contributed by atoms with Crippen molar-refractivity contribution in [2.45, 2.75) is 11.8 Å². The molecule has 0 unspecified atom stereocenters. The molecule has 0 spiro atoms. The molecule has 0 radical (unpaired) electrons. The summed E-state index contributed by atoms with van der Waals surface area (Å²) in [6.45, 7) is 1.48. The van der Waals surface area contributed by atoms with E-state index in [9.17, 15) is 13.2 Å². The van der Waals surface area contributed by atoms with E-state index in [2.05, 4.69) is 10.5 Å². The standard InChI is InChI=1S/C25H25N3O7S/c1-17-4-8-20(9-5-17)36(30,31)28(19-7-11-21(32-2)23(13-19)33-3)15-25(29)27-26-14-18-6-10-22-24(12-18)35-16-34-22/h4-14H,15-16H2,1-3H3,(H,27,29)/b26-14-.